The molecule has 4 heteroatoms. The van der Waals surface area contributed by atoms with Crippen molar-refractivity contribution in [2.24, 2.45) is 0 Å². The number of fused-ring (bicyclic) bond motifs is 1. The number of aromatic amines is 1. The summed E-state index contributed by atoms with van der Waals surface area (Å²) in [4.78, 5) is 18.8. The monoisotopic (exact) mass is 265 g/mol. The predicted octanol–water partition coefficient (Wildman–Crippen LogP) is 3.50. The van der Waals surface area contributed by atoms with E-state index in [0.717, 1.165) is 33.4 Å². The third-order valence-electron chi connectivity index (χ3n) is 3.24. The molecule has 0 saturated carbocycles. The van der Waals surface area contributed by atoms with Crippen LogP contribution < -0.4 is 5.32 Å². The summed E-state index contributed by atoms with van der Waals surface area (Å²) in [5, 5.41) is 3.93. The van der Waals surface area contributed by atoms with Gasteiger partial charge < -0.3 is 10.3 Å². The SMILES string of the molecule is CC(=O)Nc1ccc(C)cc1-c1ccnc2[nH]ccc12. The molecule has 0 saturated heterocycles. The normalized spacial score (nSPS) is 10.7. The van der Waals surface area contributed by atoms with E-state index in [9.17, 15) is 4.79 Å². The van der Waals surface area contributed by atoms with Crippen molar-refractivity contribution < 1.29 is 4.79 Å². The van der Waals surface area contributed by atoms with Crippen molar-refractivity contribution in [2.45, 2.75) is 13.8 Å². The van der Waals surface area contributed by atoms with Crippen molar-refractivity contribution in [3.63, 3.8) is 0 Å². The van der Waals surface area contributed by atoms with Crippen LogP contribution in [0.1, 0.15) is 12.5 Å². The largest absolute Gasteiger partial charge is 0.346 e. The van der Waals surface area contributed by atoms with E-state index in [0.29, 0.717) is 0 Å². The molecular formula is C16H15N3O. The van der Waals surface area contributed by atoms with Crippen LogP contribution in [0, 0.1) is 6.92 Å². The Balaban J connectivity index is 2.25. The van der Waals surface area contributed by atoms with Crippen LogP contribution in [0.3, 0.4) is 0 Å². The zero-order chi connectivity index (χ0) is 14.1. The fraction of sp³-hybridized carbons (Fsp3) is 0.125. The number of aromatic nitrogens is 2. The minimum absolute atomic E-state index is 0.0746. The molecule has 1 aromatic carbocycles. The van der Waals surface area contributed by atoms with Gasteiger partial charge in [0.15, 0.2) is 0 Å². The zero-order valence-corrected chi connectivity index (χ0v) is 11.4. The molecule has 1 amide bonds. The fourth-order valence-corrected chi connectivity index (χ4v) is 2.38. The maximum Gasteiger partial charge on any atom is 0.221 e. The van der Waals surface area contributed by atoms with Crippen LogP contribution in [0.5, 0.6) is 0 Å². The second-order valence-electron chi connectivity index (χ2n) is 4.83. The number of amides is 1. The van der Waals surface area contributed by atoms with E-state index in [1.54, 1.807) is 6.20 Å². The zero-order valence-electron chi connectivity index (χ0n) is 11.4. The third kappa shape index (κ3) is 2.16. The molecule has 2 heterocycles. The number of carbonyl (C=O) groups is 1. The van der Waals surface area contributed by atoms with Gasteiger partial charge in [0.2, 0.25) is 5.91 Å². The summed E-state index contributed by atoms with van der Waals surface area (Å²) in [5.74, 6) is -0.0746. The molecule has 2 aromatic heterocycles. The van der Waals surface area contributed by atoms with Gasteiger partial charge in [-0.15, -0.1) is 0 Å². The lowest BCUT2D eigenvalue weighted by Gasteiger charge is -2.12. The molecule has 100 valence electrons. The predicted molar refractivity (Wildman–Crippen MR) is 80.6 cm³/mol. The first-order chi connectivity index (χ1) is 9.65. The lowest BCUT2D eigenvalue weighted by atomic mass is 9.99. The number of carbonyl (C=O) groups excluding carboxylic acids is 1. The van der Waals surface area contributed by atoms with Gasteiger partial charge in [0.25, 0.3) is 0 Å². The summed E-state index contributed by atoms with van der Waals surface area (Å²) in [6, 6.07) is 9.97. The molecule has 0 unspecified atom stereocenters. The first-order valence-electron chi connectivity index (χ1n) is 6.46. The van der Waals surface area contributed by atoms with Gasteiger partial charge in [0.05, 0.1) is 0 Å². The minimum Gasteiger partial charge on any atom is -0.346 e. The smallest absolute Gasteiger partial charge is 0.221 e. The van der Waals surface area contributed by atoms with Crippen LogP contribution in [0.4, 0.5) is 5.69 Å². The van der Waals surface area contributed by atoms with Crippen molar-refractivity contribution >= 4 is 22.6 Å². The van der Waals surface area contributed by atoms with Crippen molar-refractivity contribution in [3.8, 4) is 11.1 Å². The van der Waals surface area contributed by atoms with Crippen LogP contribution in [0.15, 0.2) is 42.7 Å². The van der Waals surface area contributed by atoms with E-state index in [-0.39, 0.29) is 5.91 Å². The van der Waals surface area contributed by atoms with E-state index in [1.165, 1.54) is 6.92 Å². The Morgan fingerprint density at radius 2 is 2.05 bits per heavy atom. The summed E-state index contributed by atoms with van der Waals surface area (Å²) < 4.78 is 0. The number of benzene rings is 1. The molecule has 0 radical (unpaired) electrons. The highest BCUT2D eigenvalue weighted by Crippen LogP contribution is 2.33. The Bertz CT molecular complexity index is 789. The average molecular weight is 265 g/mol. The van der Waals surface area contributed by atoms with Gasteiger partial charge in [-0.05, 0) is 36.8 Å². The van der Waals surface area contributed by atoms with E-state index in [4.69, 9.17) is 0 Å². The Labute approximate surface area is 116 Å². The Morgan fingerprint density at radius 1 is 1.20 bits per heavy atom. The molecule has 3 rings (SSSR count). The molecule has 0 fully saturated rings. The molecule has 0 aliphatic rings. The Morgan fingerprint density at radius 3 is 2.85 bits per heavy atom. The quantitative estimate of drug-likeness (QED) is 0.745. The second kappa shape index (κ2) is 4.81. The van der Waals surface area contributed by atoms with E-state index in [2.05, 4.69) is 21.4 Å². The number of aryl methyl sites for hydroxylation is 1. The van der Waals surface area contributed by atoms with Gasteiger partial charge in [-0.3, -0.25) is 4.79 Å². The molecular weight excluding hydrogens is 250 g/mol. The number of rotatable bonds is 2. The average Bonchev–Trinajstić information content (AvgIpc) is 2.88. The molecule has 0 spiro atoms. The lowest BCUT2D eigenvalue weighted by Crippen LogP contribution is -2.07. The van der Waals surface area contributed by atoms with Crippen molar-refractivity contribution in [3.05, 3.63) is 48.3 Å². The highest BCUT2D eigenvalue weighted by Gasteiger charge is 2.11. The van der Waals surface area contributed by atoms with Crippen LogP contribution in [0.2, 0.25) is 0 Å². The Hall–Kier alpha value is -2.62. The van der Waals surface area contributed by atoms with Crippen LogP contribution in [-0.4, -0.2) is 15.9 Å². The number of hydrogen-bond donors (Lipinski definition) is 2. The highest BCUT2D eigenvalue weighted by atomic mass is 16.1. The van der Waals surface area contributed by atoms with Crippen molar-refractivity contribution in [1.82, 2.24) is 9.97 Å². The summed E-state index contributed by atoms with van der Waals surface area (Å²) in [7, 11) is 0. The first kappa shape index (κ1) is 12.4. The maximum atomic E-state index is 11.4. The van der Waals surface area contributed by atoms with Gasteiger partial charge in [-0.2, -0.15) is 0 Å². The van der Waals surface area contributed by atoms with Gasteiger partial charge in [-0.1, -0.05) is 11.6 Å². The molecule has 20 heavy (non-hydrogen) atoms. The first-order valence-corrected chi connectivity index (χ1v) is 6.46. The molecule has 0 atom stereocenters. The van der Waals surface area contributed by atoms with Crippen molar-refractivity contribution in [2.75, 3.05) is 5.32 Å². The molecule has 4 nitrogen and oxygen atoms in total. The highest BCUT2D eigenvalue weighted by molar-refractivity contribution is 6.00. The number of nitrogens with zero attached hydrogens (tertiary/aromatic N) is 1. The lowest BCUT2D eigenvalue weighted by molar-refractivity contribution is -0.114. The summed E-state index contributed by atoms with van der Waals surface area (Å²) in [6.45, 7) is 3.55. The van der Waals surface area contributed by atoms with Gasteiger partial charge >= 0.3 is 0 Å². The number of nitrogens with one attached hydrogen (secondary N) is 2. The minimum atomic E-state index is -0.0746. The fourth-order valence-electron chi connectivity index (χ4n) is 2.38. The molecule has 0 aliphatic carbocycles. The molecule has 0 aliphatic heterocycles. The number of H-pyrrole nitrogens is 1. The second-order valence-corrected chi connectivity index (χ2v) is 4.83. The Kier molecular flexibility index (Phi) is 2.99. The van der Waals surface area contributed by atoms with Gasteiger partial charge in [0.1, 0.15) is 5.65 Å². The molecule has 0 bridgehead atoms. The number of hydrogen-bond acceptors (Lipinski definition) is 2. The van der Waals surface area contributed by atoms with E-state index < -0.39 is 0 Å². The van der Waals surface area contributed by atoms with E-state index >= 15 is 0 Å². The summed E-state index contributed by atoms with van der Waals surface area (Å²) in [5.41, 5.74) is 4.88. The van der Waals surface area contributed by atoms with Gasteiger partial charge in [-0.25, -0.2) is 4.98 Å². The topological polar surface area (TPSA) is 57.8 Å². The third-order valence-corrected chi connectivity index (χ3v) is 3.24. The van der Waals surface area contributed by atoms with Gasteiger partial charge in [0, 0.05) is 36.0 Å². The van der Waals surface area contributed by atoms with Crippen LogP contribution >= 0.6 is 0 Å². The summed E-state index contributed by atoms with van der Waals surface area (Å²) >= 11 is 0. The van der Waals surface area contributed by atoms with Crippen molar-refractivity contribution in [1.29, 1.82) is 0 Å². The molecule has 2 N–H and O–H groups in total. The van der Waals surface area contributed by atoms with Crippen LogP contribution in [0.25, 0.3) is 22.2 Å². The standard InChI is InChI=1S/C16H15N3O/c1-10-3-4-15(19-11(2)20)14(9-10)12-5-7-17-16-13(12)6-8-18-16/h3-9H,1-2H3,(H,17,18)(H,19,20). The molecule has 3 aromatic rings. The number of anilines is 1. The maximum absolute atomic E-state index is 11.4. The van der Waals surface area contributed by atoms with E-state index in [1.807, 2.05) is 37.4 Å². The summed E-state index contributed by atoms with van der Waals surface area (Å²) in [6.07, 6.45) is 3.64. The number of pyridine rings is 1. The van der Waals surface area contributed by atoms with Crippen LogP contribution in [-0.2, 0) is 4.79 Å².